The van der Waals surface area contributed by atoms with E-state index in [1.54, 1.807) is 13.0 Å². The van der Waals surface area contributed by atoms with Crippen molar-refractivity contribution in [3.05, 3.63) is 17.5 Å². The van der Waals surface area contributed by atoms with Crippen LogP contribution in [0.2, 0.25) is 0 Å². The maximum Gasteiger partial charge on any atom is 0.330 e. The molecule has 0 aliphatic rings. The van der Waals surface area contributed by atoms with Crippen LogP contribution >= 0.6 is 11.3 Å². The van der Waals surface area contributed by atoms with Crippen molar-refractivity contribution < 1.29 is 9.59 Å². The topological polar surface area (TPSA) is 61.4 Å². The lowest BCUT2D eigenvalue weighted by Gasteiger charge is -2.15. The van der Waals surface area contributed by atoms with E-state index in [4.69, 9.17) is 0 Å². The van der Waals surface area contributed by atoms with Crippen LogP contribution in [0.4, 0.5) is 14.6 Å². The molecular weight excluding hydrogens is 214 g/mol. The second-order valence-corrected chi connectivity index (χ2v) is 3.75. The highest BCUT2D eigenvalue weighted by molar-refractivity contribution is 7.14. The molecule has 0 bridgehead atoms. The molecule has 82 valence electrons. The van der Waals surface area contributed by atoms with E-state index in [0.717, 1.165) is 9.90 Å². The maximum atomic E-state index is 11.5. The molecule has 0 spiro atoms. The molecule has 0 atom stereocenters. The van der Waals surface area contributed by atoms with Crippen molar-refractivity contribution in [1.82, 2.24) is 10.2 Å². The summed E-state index contributed by atoms with van der Waals surface area (Å²) in [6.45, 7) is 2.29. The standard InChI is InChI=1S/C9H13N3O2S/c1-3-10-8(13)12(2)9(14)11-7-5-4-6-15-7/h4-6H,3H2,1-2H3,(H,10,13)(H,11,14). The number of carbonyl (C=O) groups excluding carboxylic acids is 2. The minimum Gasteiger partial charge on any atom is -0.338 e. The number of nitrogens with zero attached hydrogens (tertiary/aromatic N) is 1. The summed E-state index contributed by atoms with van der Waals surface area (Å²) < 4.78 is 0. The molecule has 1 rings (SSSR count). The molecule has 2 N–H and O–H groups in total. The summed E-state index contributed by atoms with van der Waals surface area (Å²) in [5.74, 6) is 0. The second kappa shape index (κ2) is 5.35. The van der Waals surface area contributed by atoms with Gasteiger partial charge in [-0.05, 0) is 24.4 Å². The number of rotatable bonds is 2. The Kier molecular flexibility index (Phi) is 4.11. The lowest BCUT2D eigenvalue weighted by Crippen LogP contribution is -2.43. The maximum absolute atomic E-state index is 11.5. The second-order valence-electron chi connectivity index (χ2n) is 2.80. The first-order valence-corrected chi connectivity index (χ1v) is 5.39. The van der Waals surface area contributed by atoms with Crippen molar-refractivity contribution in [2.75, 3.05) is 18.9 Å². The van der Waals surface area contributed by atoms with E-state index in [-0.39, 0.29) is 0 Å². The first-order valence-electron chi connectivity index (χ1n) is 4.51. The molecule has 0 saturated heterocycles. The average Bonchev–Trinajstić information content (AvgIpc) is 2.69. The molecule has 1 aromatic heterocycles. The smallest absolute Gasteiger partial charge is 0.330 e. The van der Waals surface area contributed by atoms with E-state index in [0.29, 0.717) is 6.54 Å². The van der Waals surface area contributed by atoms with Crippen LogP contribution in [-0.2, 0) is 0 Å². The Bertz CT molecular complexity index is 337. The summed E-state index contributed by atoms with van der Waals surface area (Å²) in [6, 6.07) is 2.75. The summed E-state index contributed by atoms with van der Waals surface area (Å²) in [5, 5.41) is 7.71. The molecule has 5 nitrogen and oxygen atoms in total. The highest BCUT2D eigenvalue weighted by Crippen LogP contribution is 2.15. The molecule has 0 unspecified atom stereocenters. The van der Waals surface area contributed by atoms with E-state index < -0.39 is 12.1 Å². The lowest BCUT2D eigenvalue weighted by molar-refractivity contribution is 0.202. The molecule has 0 aromatic carbocycles. The Balaban J connectivity index is 2.50. The molecule has 1 aromatic rings. The zero-order valence-corrected chi connectivity index (χ0v) is 9.43. The predicted octanol–water partition coefficient (Wildman–Crippen LogP) is 1.94. The molecule has 0 saturated carbocycles. The zero-order chi connectivity index (χ0) is 11.3. The van der Waals surface area contributed by atoms with Gasteiger partial charge in [0.05, 0.1) is 5.00 Å². The summed E-state index contributed by atoms with van der Waals surface area (Å²) >= 11 is 1.40. The Morgan fingerprint density at radius 3 is 2.73 bits per heavy atom. The van der Waals surface area contributed by atoms with E-state index in [1.807, 2.05) is 11.4 Å². The molecule has 15 heavy (non-hydrogen) atoms. The van der Waals surface area contributed by atoms with Crippen LogP contribution < -0.4 is 10.6 Å². The third kappa shape index (κ3) is 3.25. The number of carbonyl (C=O) groups is 2. The van der Waals surface area contributed by atoms with E-state index in [9.17, 15) is 9.59 Å². The van der Waals surface area contributed by atoms with Crippen LogP contribution in [0.3, 0.4) is 0 Å². The normalized spacial score (nSPS) is 9.47. The number of imide groups is 1. The van der Waals surface area contributed by atoms with Crippen molar-refractivity contribution in [3.8, 4) is 0 Å². The fourth-order valence-electron chi connectivity index (χ4n) is 0.901. The van der Waals surface area contributed by atoms with Gasteiger partial charge in [-0.3, -0.25) is 5.32 Å². The van der Waals surface area contributed by atoms with E-state index >= 15 is 0 Å². The molecule has 0 fully saturated rings. The summed E-state index contributed by atoms with van der Waals surface area (Å²) in [5.41, 5.74) is 0. The van der Waals surface area contributed by atoms with Crippen LogP contribution in [0.15, 0.2) is 17.5 Å². The number of hydrogen-bond donors (Lipinski definition) is 2. The number of thiophene rings is 1. The first-order chi connectivity index (χ1) is 7.15. The lowest BCUT2D eigenvalue weighted by atomic mass is 10.6. The van der Waals surface area contributed by atoms with Gasteiger partial charge >= 0.3 is 12.1 Å². The van der Waals surface area contributed by atoms with Gasteiger partial charge < -0.3 is 5.32 Å². The van der Waals surface area contributed by atoms with Gasteiger partial charge in [-0.15, -0.1) is 11.3 Å². The van der Waals surface area contributed by atoms with Crippen LogP contribution in [-0.4, -0.2) is 30.6 Å². The number of hydrogen-bond acceptors (Lipinski definition) is 3. The quantitative estimate of drug-likeness (QED) is 0.811. The minimum atomic E-state index is -0.441. The van der Waals surface area contributed by atoms with Crippen LogP contribution in [0, 0.1) is 0 Å². The fourth-order valence-corrected chi connectivity index (χ4v) is 1.51. The average molecular weight is 227 g/mol. The van der Waals surface area contributed by atoms with Gasteiger partial charge in [0.15, 0.2) is 0 Å². The van der Waals surface area contributed by atoms with Crippen molar-refractivity contribution in [3.63, 3.8) is 0 Å². The number of amides is 4. The summed E-state index contributed by atoms with van der Waals surface area (Å²) in [4.78, 5) is 23.8. The van der Waals surface area contributed by atoms with Gasteiger partial charge in [0.25, 0.3) is 0 Å². The van der Waals surface area contributed by atoms with Gasteiger partial charge in [-0.1, -0.05) is 0 Å². The zero-order valence-electron chi connectivity index (χ0n) is 8.61. The fraction of sp³-hybridized carbons (Fsp3) is 0.333. The largest absolute Gasteiger partial charge is 0.338 e. The first kappa shape index (κ1) is 11.5. The van der Waals surface area contributed by atoms with Crippen molar-refractivity contribution in [2.24, 2.45) is 0 Å². The monoisotopic (exact) mass is 227 g/mol. The molecule has 6 heteroatoms. The molecule has 0 radical (unpaired) electrons. The van der Waals surface area contributed by atoms with E-state index in [1.165, 1.54) is 18.4 Å². The van der Waals surface area contributed by atoms with Crippen LogP contribution in [0.25, 0.3) is 0 Å². The number of urea groups is 2. The molecule has 1 heterocycles. The SMILES string of the molecule is CCNC(=O)N(C)C(=O)Nc1cccs1. The molecular formula is C9H13N3O2S. The van der Waals surface area contributed by atoms with Crippen LogP contribution in [0.5, 0.6) is 0 Å². The Hall–Kier alpha value is -1.56. The predicted molar refractivity (Wildman–Crippen MR) is 60.2 cm³/mol. The Morgan fingerprint density at radius 2 is 2.20 bits per heavy atom. The number of anilines is 1. The van der Waals surface area contributed by atoms with Gasteiger partial charge in [-0.25, -0.2) is 14.5 Å². The van der Waals surface area contributed by atoms with Gasteiger partial charge in [-0.2, -0.15) is 0 Å². The van der Waals surface area contributed by atoms with Gasteiger partial charge in [0.1, 0.15) is 0 Å². The summed E-state index contributed by atoms with van der Waals surface area (Å²) in [7, 11) is 1.42. The Labute approximate surface area is 92.1 Å². The van der Waals surface area contributed by atoms with Crippen molar-refractivity contribution in [2.45, 2.75) is 6.92 Å². The highest BCUT2D eigenvalue weighted by atomic mass is 32.1. The molecule has 0 aliphatic carbocycles. The Morgan fingerprint density at radius 1 is 1.47 bits per heavy atom. The third-order valence-corrected chi connectivity index (χ3v) is 2.47. The van der Waals surface area contributed by atoms with Crippen molar-refractivity contribution in [1.29, 1.82) is 0 Å². The van der Waals surface area contributed by atoms with Gasteiger partial charge in [0.2, 0.25) is 0 Å². The third-order valence-electron chi connectivity index (χ3n) is 1.69. The minimum absolute atomic E-state index is 0.411. The van der Waals surface area contributed by atoms with E-state index in [2.05, 4.69) is 10.6 Å². The number of nitrogens with one attached hydrogen (secondary N) is 2. The van der Waals surface area contributed by atoms with Gasteiger partial charge in [0, 0.05) is 13.6 Å². The highest BCUT2D eigenvalue weighted by Gasteiger charge is 2.15. The van der Waals surface area contributed by atoms with Crippen molar-refractivity contribution >= 4 is 28.4 Å². The summed E-state index contributed by atoms with van der Waals surface area (Å²) in [6.07, 6.45) is 0. The molecule has 4 amide bonds. The van der Waals surface area contributed by atoms with Crippen LogP contribution in [0.1, 0.15) is 6.92 Å². The molecule has 0 aliphatic heterocycles.